The Bertz CT molecular complexity index is 1190. The maximum Gasteiger partial charge on any atom is 0.375 e. The first-order chi connectivity index (χ1) is 17.1. The highest BCUT2D eigenvalue weighted by Gasteiger charge is 2.42. The molecule has 2 aliphatic carbocycles. The van der Waals surface area contributed by atoms with E-state index in [1.807, 2.05) is 12.1 Å². The highest BCUT2D eigenvalue weighted by atomic mass is 16.5. The number of ether oxygens (including phenoxy) is 1. The van der Waals surface area contributed by atoms with E-state index in [1.54, 1.807) is 23.6 Å². The first-order valence-corrected chi connectivity index (χ1v) is 13.8. The van der Waals surface area contributed by atoms with Gasteiger partial charge in [-0.3, -0.25) is 14.3 Å². The molecule has 3 heterocycles. The van der Waals surface area contributed by atoms with E-state index in [0.717, 1.165) is 36.8 Å². The van der Waals surface area contributed by atoms with Crippen LogP contribution in [0, 0.1) is 11.8 Å². The van der Waals surface area contributed by atoms with Gasteiger partial charge < -0.3 is 4.74 Å². The molecule has 2 saturated carbocycles. The SMILES string of the molecule is CCOC(=O)c1nc2ccccc2c(=O)n1C1=CC2CCCC(C1)N2C1CC2CCCCC(C2)C1. The van der Waals surface area contributed by atoms with E-state index < -0.39 is 5.97 Å². The maximum atomic E-state index is 13.7. The third kappa shape index (κ3) is 4.24. The standard InChI is InChI=1S/C29H37N3O3/c1-2-35-29(34)27-30-26-13-6-5-12-25(26)28(33)32(27)24-17-21-10-7-11-22(18-24)31(21)23-15-19-8-3-4-9-20(14-19)16-23/h5-6,12-13,17,19-23H,2-4,7-11,14-16,18H2,1H3. The van der Waals surface area contributed by atoms with Crippen LogP contribution < -0.4 is 5.56 Å². The van der Waals surface area contributed by atoms with Crippen molar-refractivity contribution in [3.63, 3.8) is 0 Å². The lowest BCUT2D eigenvalue weighted by molar-refractivity contribution is 0.0123. The highest BCUT2D eigenvalue weighted by molar-refractivity contribution is 5.90. The van der Waals surface area contributed by atoms with Gasteiger partial charge in [-0.1, -0.05) is 44.2 Å². The molecule has 0 spiro atoms. The zero-order valence-electron chi connectivity index (χ0n) is 20.8. The molecule has 6 nitrogen and oxygen atoms in total. The van der Waals surface area contributed by atoms with Crippen molar-refractivity contribution in [3.05, 3.63) is 46.5 Å². The van der Waals surface area contributed by atoms with Crippen molar-refractivity contribution in [1.29, 1.82) is 0 Å². The summed E-state index contributed by atoms with van der Waals surface area (Å²) >= 11 is 0. The van der Waals surface area contributed by atoms with Crippen molar-refractivity contribution in [1.82, 2.24) is 14.5 Å². The number of esters is 1. The molecule has 1 aromatic carbocycles. The fourth-order valence-corrected chi connectivity index (χ4v) is 7.62. The molecule has 6 heteroatoms. The Kier molecular flexibility index (Phi) is 6.25. The largest absolute Gasteiger partial charge is 0.460 e. The first kappa shape index (κ1) is 23.0. The molecular formula is C29H37N3O3. The Morgan fingerprint density at radius 2 is 1.77 bits per heavy atom. The predicted molar refractivity (Wildman–Crippen MR) is 137 cm³/mol. The Balaban J connectivity index is 1.39. The Morgan fingerprint density at radius 3 is 2.51 bits per heavy atom. The molecule has 2 aliphatic heterocycles. The van der Waals surface area contributed by atoms with Crippen LogP contribution in [-0.4, -0.2) is 45.2 Å². The van der Waals surface area contributed by atoms with Crippen molar-refractivity contribution >= 4 is 22.6 Å². The number of aromatic nitrogens is 2. The Labute approximate surface area is 207 Å². The molecule has 4 unspecified atom stereocenters. The molecule has 4 bridgehead atoms. The van der Waals surface area contributed by atoms with Crippen molar-refractivity contribution in [2.45, 2.75) is 95.7 Å². The van der Waals surface area contributed by atoms with Gasteiger partial charge in [0.1, 0.15) is 0 Å². The lowest BCUT2D eigenvalue weighted by atomic mass is 9.74. The number of fused-ring (bicyclic) bond motifs is 5. The van der Waals surface area contributed by atoms with Crippen LogP contribution in [0.25, 0.3) is 16.6 Å². The first-order valence-electron chi connectivity index (χ1n) is 13.8. The van der Waals surface area contributed by atoms with Gasteiger partial charge in [0.15, 0.2) is 0 Å². The highest BCUT2D eigenvalue weighted by Crippen LogP contribution is 2.45. The van der Waals surface area contributed by atoms with E-state index in [-0.39, 0.29) is 18.0 Å². The van der Waals surface area contributed by atoms with Crippen LogP contribution in [0.2, 0.25) is 0 Å². The van der Waals surface area contributed by atoms with Gasteiger partial charge in [0.05, 0.1) is 17.5 Å². The minimum atomic E-state index is -0.528. The zero-order valence-corrected chi connectivity index (χ0v) is 20.8. The molecule has 0 amide bonds. The zero-order chi connectivity index (χ0) is 23.9. The van der Waals surface area contributed by atoms with E-state index in [1.165, 1.54) is 51.4 Å². The van der Waals surface area contributed by atoms with Crippen LogP contribution in [0.5, 0.6) is 0 Å². The number of hydrogen-bond acceptors (Lipinski definition) is 5. The van der Waals surface area contributed by atoms with E-state index in [2.05, 4.69) is 16.0 Å². The quantitative estimate of drug-likeness (QED) is 0.554. The fourth-order valence-electron chi connectivity index (χ4n) is 7.62. The third-order valence-corrected chi connectivity index (χ3v) is 8.97. The van der Waals surface area contributed by atoms with Gasteiger partial charge in [0.25, 0.3) is 5.56 Å². The Hall–Kier alpha value is -2.47. The monoisotopic (exact) mass is 475 g/mol. The number of benzene rings is 1. The molecule has 1 aromatic heterocycles. The average Bonchev–Trinajstić information content (AvgIpc) is 3.02. The number of carbonyl (C=O) groups excluding carboxylic acids is 1. The number of hydrogen-bond donors (Lipinski definition) is 0. The summed E-state index contributed by atoms with van der Waals surface area (Å²) in [5.74, 6) is 1.35. The maximum absolute atomic E-state index is 13.7. The molecule has 1 saturated heterocycles. The van der Waals surface area contributed by atoms with Gasteiger partial charge in [-0.05, 0) is 69.1 Å². The molecule has 0 N–H and O–H groups in total. The smallest absolute Gasteiger partial charge is 0.375 e. The minimum Gasteiger partial charge on any atom is -0.460 e. The van der Waals surface area contributed by atoms with Crippen LogP contribution in [0.3, 0.4) is 0 Å². The number of carbonyl (C=O) groups is 1. The van der Waals surface area contributed by atoms with Gasteiger partial charge in [-0.2, -0.15) is 0 Å². The number of piperidine rings is 1. The summed E-state index contributed by atoms with van der Waals surface area (Å²) in [4.78, 5) is 34.1. The van der Waals surface area contributed by atoms with Crippen LogP contribution >= 0.6 is 0 Å². The second-order valence-corrected chi connectivity index (χ2v) is 11.2. The fraction of sp³-hybridized carbons (Fsp3) is 0.621. The van der Waals surface area contributed by atoms with Gasteiger partial charge >= 0.3 is 5.97 Å². The van der Waals surface area contributed by atoms with Gasteiger partial charge in [0, 0.05) is 30.2 Å². The van der Waals surface area contributed by atoms with Crippen molar-refractivity contribution < 1.29 is 9.53 Å². The number of para-hydroxylation sites is 1. The van der Waals surface area contributed by atoms with Crippen LogP contribution in [0.4, 0.5) is 0 Å². The lowest BCUT2D eigenvalue weighted by Crippen LogP contribution is -2.56. The summed E-state index contributed by atoms with van der Waals surface area (Å²) < 4.78 is 6.90. The second-order valence-electron chi connectivity index (χ2n) is 11.2. The molecule has 2 aromatic rings. The van der Waals surface area contributed by atoms with Gasteiger partial charge in [-0.25, -0.2) is 9.78 Å². The topological polar surface area (TPSA) is 64.4 Å². The van der Waals surface area contributed by atoms with Crippen molar-refractivity contribution in [2.24, 2.45) is 11.8 Å². The molecular weight excluding hydrogens is 438 g/mol. The number of nitrogens with zero attached hydrogens (tertiary/aromatic N) is 3. The summed E-state index contributed by atoms with van der Waals surface area (Å²) in [6.07, 6.45) is 16.3. The van der Waals surface area contributed by atoms with E-state index in [9.17, 15) is 9.59 Å². The molecule has 3 fully saturated rings. The second kappa shape index (κ2) is 9.53. The predicted octanol–water partition coefficient (Wildman–Crippen LogP) is 5.40. The van der Waals surface area contributed by atoms with E-state index >= 15 is 0 Å². The molecule has 4 atom stereocenters. The third-order valence-electron chi connectivity index (χ3n) is 8.97. The summed E-state index contributed by atoms with van der Waals surface area (Å²) in [5.41, 5.74) is 1.30. The van der Waals surface area contributed by atoms with Crippen LogP contribution in [0.15, 0.2) is 35.1 Å². The average molecular weight is 476 g/mol. The minimum absolute atomic E-state index is 0.108. The molecule has 6 rings (SSSR count). The molecule has 35 heavy (non-hydrogen) atoms. The normalized spacial score (nSPS) is 31.0. The summed E-state index contributed by atoms with van der Waals surface area (Å²) in [7, 11) is 0. The molecule has 4 aliphatic rings. The summed E-state index contributed by atoms with van der Waals surface area (Å²) in [6, 6.07) is 8.70. The number of rotatable bonds is 4. The van der Waals surface area contributed by atoms with Gasteiger partial charge in [-0.15, -0.1) is 0 Å². The van der Waals surface area contributed by atoms with Crippen LogP contribution in [-0.2, 0) is 4.74 Å². The summed E-state index contributed by atoms with van der Waals surface area (Å²) in [5, 5.41) is 0.547. The molecule has 0 radical (unpaired) electrons. The van der Waals surface area contributed by atoms with E-state index in [0.29, 0.717) is 29.0 Å². The lowest BCUT2D eigenvalue weighted by Gasteiger charge is -2.52. The van der Waals surface area contributed by atoms with Gasteiger partial charge in [0.2, 0.25) is 5.82 Å². The van der Waals surface area contributed by atoms with Crippen LogP contribution in [0.1, 0.15) is 88.2 Å². The van der Waals surface area contributed by atoms with E-state index in [4.69, 9.17) is 4.74 Å². The summed E-state index contributed by atoms with van der Waals surface area (Å²) in [6.45, 7) is 2.04. The van der Waals surface area contributed by atoms with Crippen molar-refractivity contribution in [2.75, 3.05) is 6.61 Å². The Morgan fingerprint density at radius 1 is 1.00 bits per heavy atom. The van der Waals surface area contributed by atoms with Crippen molar-refractivity contribution in [3.8, 4) is 0 Å². The molecule has 186 valence electrons.